The zero-order valence-corrected chi connectivity index (χ0v) is 16.6. The third-order valence-electron chi connectivity index (χ3n) is 4.34. The molecule has 0 fully saturated rings. The number of nitrogens with one attached hydrogen (secondary N) is 1. The molecule has 2 heterocycles. The van der Waals surface area contributed by atoms with Gasteiger partial charge in [-0.1, -0.05) is 53.5 Å². The number of carbonyl (C=O) groups is 1. The molecule has 0 saturated heterocycles. The van der Waals surface area contributed by atoms with Crippen LogP contribution < -0.4 is 5.32 Å². The highest BCUT2D eigenvalue weighted by atomic mass is 35.5. The molecular weight excluding hydrogens is 399 g/mol. The second-order valence-corrected chi connectivity index (χ2v) is 8.02. The van der Waals surface area contributed by atoms with Crippen LogP contribution in [0.2, 0.25) is 10.0 Å². The summed E-state index contributed by atoms with van der Waals surface area (Å²) < 4.78 is 3.16. The Hall–Kier alpha value is -2.27. The molecule has 2 aromatic carbocycles. The lowest BCUT2D eigenvalue weighted by molar-refractivity contribution is 0.101. The van der Waals surface area contributed by atoms with E-state index in [0.29, 0.717) is 21.4 Å². The Morgan fingerprint density at radius 1 is 1.00 bits per heavy atom. The molecule has 2 aromatic heterocycles. The van der Waals surface area contributed by atoms with Gasteiger partial charge in [-0.25, -0.2) is 0 Å². The van der Waals surface area contributed by atoms with Gasteiger partial charge in [0, 0.05) is 22.3 Å². The van der Waals surface area contributed by atoms with Crippen molar-refractivity contribution >= 4 is 56.3 Å². The molecule has 1 amide bonds. The molecule has 0 unspecified atom stereocenters. The number of benzene rings is 2. The maximum atomic E-state index is 12.9. The molecule has 1 N–H and O–H groups in total. The van der Waals surface area contributed by atoms with Crippen molar-refractivity contribution in [3.05, 3.63) is 87.3 Å². The summed E-state index contributed by atoms with van der Waals surface area (Å²) in [6, 6.07) is 19.3. The first-order valence-electron chi connectivity index (χ1n) is 8.48. The number of rotatable bonds is 5. The Bertz CT molecular complexity index is 1080. The zero-order valence-electron chi connectivity index (χ0n) is 14.3. The van der Waals surface area contributed by atoms with Gasteiger partial charge in [0.05, 0.1) is 10.2 Å². The zero-order chi connectivity index (χ0) is 18.8. The van der Waals surface area contributed by atoms with Gasteiger partial charge in [0.25, 0.3) is 5.91 Å². The topological polar surface area (TPSA) is 34.0 Å². The Balaban J connectivity index is 1.62. The Labute approximate surface area is 171 Å². The van der Waals surface area contributed by atoms with Crippen LogP contribution in [0.1, 0.15) is 16.1 Å². The van der Waals surface area contributed by atoms with Crippen molar-refractivity contribution in [2.24, 2.45) is 0 Å². The number of aryl methyl sites for hydroxylation is 2. The lowest BCUT2D eigenvalue weighted by Gasteiger charge is -2.11. The number of halogens is 2. The van der Waals surface area contributed by atoms with Crippen molar-refractivity contribution in [3.8, 4) is 0 Å². The summed E-state index contributed by atoms with van der Waals surface area (Å²) in [6.45, 7) is 0.725. The number of nitrogens with zero attached hydrogens (tertiary/aromatic N) is 1. The molecule has 0 saturated carbocycles. The first-order chi connectivity index (χ1) is 13.1. The van der Waals surface area contributed by atoms with Gasteiger partial charge < -0.3 is 9.88 Å². The van der Waals surface area contributed by atoms with E-state index in [2.05, 4.69) is 28.1 Å². The van der Waals surface area contributed by atoms with Gasteiger partial charge in [-0.05, 0) is 47.7 Å². The first-order valence-corrected chi connectivity index (χ1v) is 10.1. The van der Waals surface area contributed by atoms with Gasteiger partial charge >= 0.3 is 0 Å². The number of anilines is 1. The summed E-state index contributed by atoms with van der Waals surface area (Å²) in [7, 11) is 0. The summed E-state index contributed by atoms with van der Waals surface area (Å²) in [5.74, 6) is -0.176. The minimum atomic E-state index is -0.176. The lowest BCUT2D eigenvalue weighted by Crippen LogP contribution is -2.17. The normalized spacial score (nSPS) is 11.0. The molecule has 3 nitrogen and oxygen atoms in total. The Morgan fingerprint density at radius 3 is 2.48 bits per heavy atom. The van der Waals surface area contributed by atoms with Crippen LogP contribution in [-0.2, 0) is 13.0 Å². The lowest BCUT2D eigenvalue weighted by atomic mass is 10.1. The highest BCUT2D eigenvalue weighted by Crippen LogP contribution is 2.27. The molecule has 6 heteroatoms. The fourth-order valence-corrected chi connectivity index (χ4v) is 4.46. The van der Waals surface area contributed by atoms with Crippen molar-refractivity contribution in [2.75, 3.05) is 5.32 Å². The van der Waals surface area contributed by atoms with E-state index < -0.39 is 0 Å². The molecule has 0 atom stereocenters. The van der Waals surface area contributed by atoms with Crippen LogP contribution >= 0.6 is 34.5 Å². The van der Waals surface area contributed by atoms with Crippen molar-refractivity contribution in [3.63, 3.8) is 0 Å². The predicted octanol–water partition coefficient (Wildman–Crippen LogP) is 6.50. The van der Waals surface area contributed by atoms with Crippen LogP contribution in [0, 0.1) is 0 Å². The highest BCUT2D eigenvalue weighted by Gasteiger charge is 2.17. The third-order valence-corrected chi connectivity index (χ3v) is 5.63. The van der Waals surface area contributed by atoms with E-state index in [1.165, 1.54) is 5.56 Å². The monoisotopic (exact) mass is 414 g/mol. The van der Waals surface area contributed by atoms with Gasteiger partial charge in [0.2, 0.25) is 0 Å². The number of carbonyl (C=O) groups excluding carboxylic acids is 1. The molecule has 0 radical (unpaired) electrons. The average Bonchev–Trinajstić information content (AvgIpc) is 3.21. The summed E-state index contributed by atoms with van der Waals surface area (Å²) in [5, 5.41) is 5.92. The molecule has 4 aromatic rings. The van der Waals surface area contributed by atoms with E-state index in [1.807, 2.05) is 29.6 Å². The molecule has 0 spiro atoms. The van der Waals surface area contributed by atoms with Crippen molar-refractivity contribution in [2.45, 2.75) is 13.0 Å². The van der Waals surface area contributed by atoms with E-state index in [9.17, 15) is 4.79 Å². The molecule has 0 aliphatic rings. The van der Waals surface area contributed by atoms with Gasteiger partial charge in [0.15, 0.2) is 0 Å². The quantitative estimate of drug-likeness (QED) is 0.396. The summed E-state index contributed by atoms with van der Waals surface area (Å²) in [6.07, 6.45) is 0.851. The van der Waals surface area contributed by atoms with Crippen LogP contribution in [0.25, 0.3) is 10.2 Å². The smallest absolute Gasteiger partial charge is 0.272 e. The summed E-state index contributed by atoms with van der Waals surface area (Å²) in [4.78, 5) is 12.9. The molecule has 0 aliphatic carbocycles. The molecular formula is C21H16Cl2N2OS. The van der Waals surface area contributed by atoms with E-state index in [0.717, 1.165) is 23.2 Å². The molecule has 136 valence electrons. The molecule has 27 heavy (non-hydrogen) atoms. The minimum Gasteiger partial charge on any atom is -0.335 e. The van der Waals surface area contributed by atoms with Gasteiger partial charge in [-0.15, -0.1) is 11.3 Å². The number of fused-ring (bicyclic) bond motifs is 1. The van der Waals surface area contributed by atoms with E-state index in [4.69, 9.17) is 23.2 Å². The van der Waals surface area contributed by atoms with Gasteiger partial charge in [-0.2, -0.15) is 0 Å². The van der Waals surface area contributed by atoms with Crippen LogP contribution in [0.5, 0.6) is 0 Å². The van der Waals surface area contributed by atoms with E-state index >= 15 is 0 Å². The second-order valence-electron chi connectivity index (χ2n) is 6.20. The largest absolute Gasteiger partial charge is 0.335 e. The Morgan fingerprint density at radius 2 is 1.74 bits per heavy atom. The Kier molecular flexibility index (Phi) is 5.21. The molecule has 0 aliphatic heterocycles. The van der Waals surface area contributed by atoms with Crippen molar-refractivity contribution in [1.29, 1.82) is 0 Å². The van der Waals surface area contributed by atoms with E-state index in [-0.39, 0.29) is 5.91 Å². The maximum absolute atomic E-state index is 12.9. The van der Waals surface area contributed by atoms with Crippen LogP contribution in [0.4, 0.5) is 5.69 Å². The van der Waals surface area contributed by atoms with Crippen LogP contribution in [0.3, 0.4) is 0 Å². The predicted molar refractivity (Wildman–Crippen MR) is 114 cm³/mol. The maximum Gasteiger partial charge on any atom is 0.272 e. The van der Waals surface area contributed by atoms with E-state index in [1.54, 1.807) is 29.5 Å². The number of aromatic nitrogens is 1. The summed E-state index contributed by atoms with van der Waals surface area (Å²) in [5.41, 5.74) is 3.52. The third kappa shape index (κ3) is 4.03. The first kappa shape index (κ1) is 18.1. The SMILES string of the molecule is O=C(Nc1cc(Cl)cc(Cl)c1)c1cc2sccc2n1CCc1ccccc1. The van der Waals surface area contributed by atoms with Crippen molar-refractivity contribution in [1.82, 2.24) is 4.57 Å². The fraction of sp³-hybridized carbons (Fsp3) is 0.0952. The molecule has 4 rings (SSSR count). The highest BCUT2D eigenvalue weighted by molar-refractivity contribution is 7.17. The second kappa shape index (κ2) is 7.77. The molecule has 0 bridgehead atoms. The van der Waals surface area contributed by atoms with Gasteiger partial charge in [-0.3, -0.25) is 4.79 Å². The van der Waals surface area contributed by atoms with Crippen LogP contribution in [0.15, 0.2) is 66.0 Å². The van der Waals surface area contributed by atoms with Crippen LogP contribution in [-0.4, -0.2) is 10.5 Å². The summed E-state index contributed by atoms with van der Waals surface area (Å²) >= 11 is 13.7. The number of amides is 1. The average molecular weight is 415 g/mol. The number of hydrogen-bond acceptors (Lipinski definition) is 2. The minimum absolute atomic E-state index is 0.176. The number of hydrogen-bond donors (Lipinski definition) is 1. The fourth-order valence-electron chi connectivity index (χ4n) is 3.11. The van der Waals surface area contributed by atoms with Crippen molar-refractivity contribution < 1.29 is 4.79 Å². The standard InChI is InChI=1S/C21H16Cl2N2OS/c22-15-10-16(23)12-17(11-15)24-21(26)19-13-20-18(7-9-27-20)25(19)8-6-14-4-2-1-3-5-14/h1-5,7,9-13H,6,8H2,(H,24,26). The number of thiophene rings is 1. The van der Waals surface area contributed by atoms with Gasteiger partial charge in [0.1, 0.15) is 5.69 Å².